The summed E-state index contributed by atoms with van der Waals surface area (Å²) in [5.41, 5.74) is 0. The molecule has 1 heterocycles. The van der Waals surface area contributed by atoms with Crippen LogP contribution in [0.5, 0.6) is 0 Å². The third-order valence-corrected chi connectivity index (χ3v) is 6.23. The summed E-state index contributed by atoms with van der Waals surface area (Å²) >= 11 is 4.34. The lowest BCUT2D eigenvalue weighted by Crippen LogP contribution is -2.39. The summed E-state index contributed by atoms with van der Waals surface area (Å²) in [4.78, 5) is 0.412. The van der Waals surface area contributed by atoms with Crippen LogP contribution in [0.4, 0.5) is 13.2 Å². The molecule has 0 spiro atoms. The maximum absolute atomic E-state index is 12.6. The van der Waals surface area contributed by atoms with E-state index in [-0.39, 0.29) is 11.4 Å². The van der Waals surface area contributed by atoms with Gasteiger partial charge in [0.05, 0.1) is 8.68 Å². The molecule has 0 saturated carbocycles. The molecule has 9 heteroatoms. The number of thiophene rings is 1. The van der Waals surface area contributed by atoms with Gasteiger partial charge in [-0.3, -0.25) is 0 Å². The van der Waals surface area contributed by atoms with Crippen LogP contribution >= 0.6 is 27.3 Å². The molecule has 0 aliphatic carbocycles. The minimum absolute atomic E-state index is 0.0604. The third kappa shape index (κ3) is 4.71. The summed E-state index contributed by atoms with van der Waals surface area (Å²) in [5, 5.41) is 0. The molecule has 3 nitrogen and oxygen atoms in total. The lowest BCUT2D eigenvalue weighted by molar-refractivity contribution is -0.136. The van der Waals surface area contributed by atoms with E-state index in [1.165, 1.54) is 17.4 Å². The molecule has 0 aliphatic rings. The predicted molar refractivity (Wildman–Crippen MR) is 76.5 cm³/mol. The standard InChI is InChI=1S/C11H15BrF3NO2S2/c1-3-4-5-16(7-11(13,14)15)20(17,18)9-6-10(12)19-8(9)2/h6H,3-5,7H2,1-2H3. The number of hydrogen-bond acceptors (Lipinski definition) is 3. The molecule has 0 atom stereocenters. The molecular weight excluding hydrogens is 379 g/mol. The van der Waals surface area contributed by atoms with Crippen LogP contribution in [-0.4, -0.2) is 32.0 Å². The Morgan fingerprint density at radius 3 is 2.40 bits per heavy atom. The first-order valence-corrected chi connectivity index (χ1v) is 8.95. The van der Waals surface area contributed by atoms with Gasteiger partial charge in [-0.05, 0) is 35.3 Å². The van der Waals surface area contributed by atoms with Gasteiger partial charge in [-0.15, -0.1) is 11.3 Å². The van der Waals surface area contributed by atoms with Crippen molar-refractivity contribution in [2.75, 3.05) is 13.1 Å². The van der Waals surface area contributed by atoms with E-state index in [0.717, 1.165) is 0 Å². The summed E-state index contributed by atoms with van der Waals surface area (Å²) < 4.78 is 63.5. The van der Waals surface area contributed by atoms with E-state index < -0.39 is 22.7 Å². The molecule has 1 aromatic heterocycles. The van der Waals surface area contributed by atoms with E-state index in [4.69, 9.17) is 0 Å². The second kappa shape index (κ2) is 6.76. The Hall–Kier alpha value is -0.120. The third-order valence-electron chi connectivity index (χ3n) is 2.58. The highest BCUT2D eigenvalue weighted by Crippen LogP contribution is 2.32. The van der Waals surface area contributed by atoms with Gasteiger partial charge in [0.2, 0.25) is 10.0 Å². The van der Waals surface area contributed by atoms with Gasteiger partial charge < -0.3 is 0 Å². The highest BCUT2D eigenvalue weighted by atomic mass is 79.9. The number of nitrogens with zero attached hydrogens (tertiary/aromatic N) is 1. The number of alkyl halides is 3. The van der Waals surface area contributed by atoms with Crippen LogP contribution in [0, 0.1) is 6.92 Å². The topological polar surface area (TPSA) is 37.4 Å². The van der Waals surface area contributed by atoms with Crippen LogP contribution in [0.2, 0.25) is 0 Å². The minimum Gasteiger partial charge on any atom is -0.207 e. The molecule has 0 fully saturated rings. The molecule has 0 saturated heterocycles. The maximum atomic E-state index is 12.6. The van der Waals surface area contributed by atoms with Crippen molar-refractivity contribution in [2.24, 2.45) is 0 Å². The van der Waals surface area contributed by atoms with Gasteiger partial charge in [-0.25, -0.2) is 8.42 Å². The lowest BCUT2D eigenvalue weighted by Gasteiger charge is -2.23. The van der Waals surface area contributed by atoms with E-state index in [1.807, 2.05) is 0 Å². The predicted octanol–water partition coefficient (Wildman–Crippen LogP) is 4.17. The van der Waals surface area contributed by atoms with Gasteiger partial charge in [0.15, 0.2) is 0 Å². The smallest absolute Gasteiger partial charge is 0.207 e. The molecule has 116 valence electrons. The second-order valence-corrected chi connectivity index (χ2v) is 8.82. The number of unbranched alkanes of at least 4 members (excludes halogenated alkanes) is 1. The summed E-state index contributed by atoms with van der Waals surface area (Å²) in [6, 6.07) is 1.35. The number of rotatable bonds is 6. The molecule has 0 radical (unpaired) electrons. The van der Waals surface area contributed by atoms with Gasteiger partial charge in [0.25, 0.3) is 0 Å². The molecule has 0 N–H and O–H groups in total. The van der Waals surface area contributed by atoms with Crippen molar-refractivity contribution in [3.05, 3.63) is 14.7 Å². The molecule has 0 unspecified atom stereocenters. The van der Waals surface area contributed by atoms with Crippen molar-refractivity contribution in [3.8, 4) is 0 Å². The Balaban J connectivity index is 3.13. The molecule has 0 aliphatic heterocycles. The number of sulfonamides is 1. The summed E-state index contributed by atoms with van der Waals surface area (Å²) in [7, 11) is -4.12. The molecule has 0 amide bonds. The monoisotopic (exact) mass is 393 g/mol. The summed E-state index contributed by atoms with van der Waals surface area (Å²) in [5.74, 6) is 0. The minimum atomic E-state index is -4.55. The zero-order valence-corrected chi connectivity index (χ0v) is 14.2. The van der Waals surface area contributed by atoms with Crippen molar-refractivity contribution >= 4 is 37.3 Å². The van der Waals surface area contributed by atoms with E-state index in [1.54, 1.807) is 13.8 Å². The van der Waals surface area contributed by atoms with Crippen LogP contribution in [-0.2, 0) is 10.0 Å². The summed E-state index contributed by atoms with van der Waals surface area (Å²) in [6.45, 7) is 1.78. The Morgan fingerprint density at radius 1 is 1.40 bits per heavy atom. The fourth-order valence-corrected chi connectivity index (χ4v) is 5.49. The van der Waals surface area contributed by atoms with Crippen LogP contribution in [0.1, 0.15) is 24.6 Å². The van der Waals surface area contributed by atoms with Gasteiger partial charge in [-0.1, -0.05) is 13.3 Å². The summed E-state index contributed by atoms with van der Waals surface area (Å²) in [6.07, 6.45) is -3.54. The number of halogens is 4. The van der Waals surface area contributed by atoms with Crippen molar-refractivity contribution < 1.29 is 21.6 Å². The first-order valence-electron chi connectivity index (χ1n) is 5.90. The van der Waals surface area contributed by atoms with Crippen molar-refractivity contribution in [2.45, 2.75) is 37.8 Å². The van der Waals surface area contributed by atoms with Crippen LogP contribution in [0.15, 0.2) is 14.7 Å². The van der Waals surface area contributed by atoms with Crippen LogP contribution in [0.3, 0.4) is 0 Å². The normalized spacial score (nSPS) is 13.2. The molecule has 1 aromatic rings. The second-order valence-electron chi connectivity index (χ2n) is 4.28. The van der Waals surface area contributed by atoms with E-state index in [0.29, 0.717) is 25.8 Å². The van der Waals surface area contributed by atoms with E-state index >= 15 is 0 Å². The van der Waals surface area contributed by atoms with Gasteiger partial charge >= 0.3 is 6.18 Å². The Kier molecular flexibility index (Phi) is 6.06. The zero-order valence-electron chi connectivity index (χ0n) is 11.0. The van der Waals surface area contributed by atoms with Crippen LogP contribution in [0.25, 0.3) is 0 Å². The van der Waals surface area contributed by atoms with Crippen molar-refractivity contribution in [1.82, 2.24) is 4.31 Å². The molecule has 0 bridgehead atoms. The van der Waals surface area contributed by atoms with E-state index in [9.17, 15) is 21.6 Å². The molecular formula is C11H15BrF3NO2S2. The number of hydrogen-bond donors (Lipinski definition) is 0. The highest BCUT2D eigenvalue weighted by Gasteiger charge is 2.37. The first-order chi connectivity index (χ1) is 9.08. The molecule has 1 rings (SSSR count). The van der Waals surface area contributed by atoms with Gasteiger partial charge in [0.1, 0.15) is 6.54 Å². The molecule has 20 heavy (non-hydrogen) atoms. The Bertz CT molecular complexity index is 555. The lowest BCUT2D eigenvalue weighted by atomic mass is 10.3. The zero-order chi connectivity index (χ0) is 15.6. The average Bonchev–Trinajstić information content (AvgIpc) is 2.62. The molecule has 0 aromatic carbocycles. The van der Waals surface area contributed by atoms with Crippen molar-refractivity contribution in [1.29, 1.82) is 0 Å². The Labute approximate surface area is 129 Å². The quantitative estimate of drug-likeness (QED) is 0.726. The first kappa shape index (κ1) is 17.9. The van der Waals surface area contributed by atoms with Crippen molar-refractivity contribution in [3.63, 3.8) is 0 Å². The SMILES string of the molecule is CCCCN(CC(F)(F)F)S(=O)(=O)c1cc(Br)sc1C. The number of aryl methyl sites for hydroxylation is 1. The maximum Gasteiger partial charge on any atom is 0.402 e. The van der Waals surface area contributed by atoms with Gasteiger partial charge in [-0.2, -0.15) is 17.5 Å². The fraction of sp³-hybridized carbons (Fsp3) is 0.636. The van der Waals surface area contributed by atoms with Crippen LogP contribution < -0.4 is 0 Å². The van der Waals surface area contributed by atoms with Gasteiger partial charge in [0, 0.05) is 11.4 Å². The Morgan fingerprint density at radius 2 is 2.00 bits per heavy atom. The van der Waals surface area contributed by atoms with E-state index in [2.05, 4.69) is 15.9 Å². The largest absolute Gasteiger partial charge is 0.402 e. The average molecular weight is 394 g/mol. The highest BCUT2D eigenvalue weighted by molar-refractivity contribution is 9.11. The fourth-order valence-electron chi connectivity index (χ4n) is 1.64.